The smallest absolute Gasteiger partial charge is 0.225 e. The third-order valence-electron chi connectivity index (χ3n) is 3.47. The molecule has 1 amide bonds. The van der Waals surface area contributed by atoms with Crippen molar-refractivity contribution in [3.05, 3.63) is 16.6 Å². The van der Waals surface area contributed by atoms with E-state index in [-0.39, 0.29) is 0 Å². The summed E-state index contributed by atoms with van der Waals surface area (Å²) in [6.45, 7) is 4.77. The summed E-state index contributed by atoms with van der Waals surface area (Å²) in [6.07, 6.45) is 4.16. The van der Waals surface area contributed by atoms with Crippen molar-refractivity contribution in [1.82, 2.24) is 14.8 Å². The molecule has 1 aliphatic carbocycles. The number of amides is 1. The summed E-state index contributed by atoms with van der Waals surface area (Å²) in [5, 5.41) is 0. The molecule has 4 nitrogen and oxygen atoms in total. The molecule has 1 aromatic heterocycles. The van der Waals surface area contributed by atoms with Gasteiger partial charge >= 0.3 is 0 Å². The van der Waals surface area contributed by atoms with E-state index in [9.17, 15) is 4.79 Å². The highest BCUT2D eigenvalue weighted by atomic mass is 32.1. The van der Waals surface area contributed by atoms with Crippen LogP contribution in [0, 0.1) is 5.92 Å². The predicted octanol–water partition coefficient (Wildman–Crippen LogP) is 1.20. The number of hydrogen-bond acceptors (Lipinski definition) is 4. The lowest BCUT2D eigenvalue weighted by molar-refractivity contribution is -0.134. The van der Waals surface area contributed by atoms with Crippen molar-refractivity contribution in [1.29, 1.82) is 0 Å². The van der Waals surface area contributed by atoms with Gasteiger partial charge < -0.3 is 4.90 Å². The van der Waals surface area contributed by atoms with E-state index < -0.39 is 0 Å². The third-order valence-corrected chi connectivity index (χ3v) is 4.24. The third kappa shape index (κ3) is 2.66. The fourth-order valence-corrected chi connectivity index (χ4v) is 2.89. The Kier molecular flexibility index (Phi) is 3.11. The van der Waals surface area contributed by atoms with Gasteiger partial charge in [-0.1, -0.05) is 0 Å². The summed E-state index contributed by atoms with van der Waals surface area (Å²) in [7, 11) is 0. The molecule has 1 aliphatic heterocycles. The van der Waals surface area contributed by atoms with Crippen LogP contribution in [0.15, 0.2) is 11.7 Å². The van der Waals surface area contributed by atoms with Crippen molar-refractivity contribution in [2.75, 3.05) is 26.2 Å². The normalized spacial score (nSPS) is 21.8. The largest absolute Gasteiger partial charge is 0.340 e. The highest BCUT2D eigenvalue weighted by Gasteiger charge is 2.34. The number of carbonyl (C=O) groups excluding carboxylic acids is 1. The molecule has 0 radical (unpaired) electrons. The van der Waals surface area contributed by atoms with Gasteiger partial charge in [0.15, 0.2) is 0 Å². The van der Waals surface area contributed by atoms with Gasteiger partial charge in [0.1, 0.15) is 0 Å². The zero-order valence-electron chi connectivity index (χ0n) is 9.84. The molecule has 1 saturated heterocycles. The van der Waals surface area contributed by atoms with E-state index in [0.717, 1.165) is 45.6 Å². The van der Waals surface area contributed by atoms with Gasteiger partial charge in [-0.2, -0.15) is 0 Å². The van der Waals surface area contributed by atoms with Crippen LogP contribution >= 0.6 is 11.3 Å². The number of nitrogens with zero attached hydrogens (tertiary/aromatic N) is 3. The Hall–Kier alpha value is -0.940. The number of thiazole rings is 1. The molecule has 1 aromatic rings. The predicted molar refractivity (Wildman–Crippen MR) is 66.7 cm³/mol. The zero-order valence-corrected chi connectivity index (χ0v) is 10.7. The molecule has 0 unspecified atom stereocenters. The zero-order chi connectivity index (χ0) is 11.7. The van der Waals surface area contributed by atoms with Gasteiger partial charge in [-0.15, -0.1) is 11.3 Å². The summed E-state index contributed by atoms with van der Waals surface area (Å²) >= 11 is 1.71. The molecule has 2 aliphatic rings. The van der Waals surface area contributed by atoms with Crippen molar-refractivity contribution < 1.29 is 4.79 Å². The van der Waals surface area contributed by atoms with Gasteiger partial charge in [-0.3, -0.25) is 14.7 Å². The van der Waals surface area contributed by atoms with Crippen LogP contribution in [0.1, 0.15) is 17.7 Å². The first-order valence-corrected chi connectivity index (χ1v) is 7.09. The molecular formula is C12H17N3OS. The minimum atomic E-state index is 0.364. The monoisotopic (exact) mass is 251 g/mol. The van der Waals surface area contributed by atoms with Crippen LogP contribution < -0.4 is 0 Å². The highest BCUT2D eigenvalue weighted by molar-refractivity contribution is 7.09. The molecule has 0 spiro atoms. The maximum absolute atomic E-state index is 11.9. The SMILES string of the molecule is O=C(C1CC1)N1CCN(Cc2cncs2)CC1. The maximum atomic E-state index is 11.9. The molecule has 1 saturated carbocycles. The highest BCUT2D eigenvalue weighted by Crippen LogP contribution is 2.31. The quantitative estimate of drug-likeness (QED) is 0.810. The summed E-state index contributed by atoms with van der Waals surface area (Å²) in [5.74, 6) is 0.755. The van der Waals surface area contributed by atoms with E-state index >= 15 is 0 Å². The lowest BCUT2D eigenvalue weighted by Crippen LogP contribution is -2.48. The van der Waals surface area contributed by atoms with Crippen LogP contribution in [-0.2, 0) is 11.3 Å². The van der Waals surface area contributed by atoms with Crippen molar-refractivity contribution in [3.8, 4) is 0 Å². The fraction of sp³-hybridized carbons (Fsp3) is 0.667. The van der Waals surface area contributed by atoms with Crippen molar-refractivity contribution in [2.24, 2.45) is 5.92 Å². The summed E-state index contributed by atoms with van der Waals surface area (Å²) < 4.78 is 0. The van der Waals surface area contributed by atoms with Crippen LogP contribution in [0.25, 0.3) is 0 Å². The van der Waals surface area contributed by atoms with Gasteiger partial charge in [0, 0.05) is 49.7 Å². The average molecular weight is 251 g/mol. The number of aromatic nitrogens is 1. The summed E-state index contributed by atoms with van der Waals surface area (Å²) in [4.78, 5) is 21.7. The Morgan fingerprint density at radius 2 is 2.12 bits per heavy atom. The lowest BCUT2D eigenvalue weighted by Gasteiger charge is -2.34. The average Bonchev–Trinajstić information content (AvgIpc) is 3.09. The van der Waals surface area contributed by atoms with Gasteiger partial charge in [0.2, 0.25) is 5.91 Å². The Balaban J connectivity index is 1.48. The van der Waals surface area contributed by atoms with Gasteiger partial charge in [0.25, 0.3) is 0 Å². The van der Waals surface area contributed by atoms with E-state index in [2.05, 4.69) is 9.88 Å². The van der Waals surface area contributed by atoms with Gasteiger partial charge in [-0.25, -0.2) is 0 Å². The van der Waals surface area contributed by atoms with Crippen molar-refractivity contribution >= 4 is 17.2 Å². The van der Waals surface area contributed by atoms with E-state index in [4.69, 9.17) is 0 Å². The van der Waals surface area contributed by atoms with Crippen LogP contribution in [0.4, 0.5) is 0 Å². The standard InChI is InChI=1S/C12H17N3OS/c16-12(10-1-2-10)15-5-3-14(4-6-15)8-11-7-13-9-17-11/h7,9-10H,1-6,8H2. The van der Waals surface area contributed by atoms with E-state index in [1.54, 1.807) is 11.3 Å². The molecule has 0 N–H and O–H groups in total. The minimum absolute atomic E-state index is 0.364. The Labute approximate surface area is 105 Å². The lowest BCUT2D eigenvalue weighted by atomic mass is 10.2. The summed E-state index contributed by atoms with van der Waals surface area (Å²) in [6, 6.07) is 0. The molecule has 0 aromatic carbocycles. The summed E-state index contributed by atoms with van der Waals surface area (Å²) in [5.41, 5.74) is 1.88. The molecule has 2 heterocycles. The number of rotatable bonds is 3. The van der Waals surface area contributed by atoms with Crippen molar-refractivity contribution in [3.63, 3.8) is 0 Å². The molecule has 0 atom stereocenters. The first-order chi connectivity index (χ1) is 8.33. The van der Waals surface area contributed by atoms with E-state index in [1.165, 1.54) is 4.88 Å². The molecule has 3 rings (SSSR count). The number of carbonyl (C=O) groups is 1. The van der Waals surface area contributed by atoms with E-state index in [1.807, 2.05) is 16.6 Å². The van der Waals surface area contributed by atoms with E-state index in [0.29, 0.717) is 11.8 Å². The van der Waals surface area contributed by atoms with Crippen LogP contribution in [0.2, 0.25) is 0 Å². The Morgan fingerprint density at radius 1 is 1.35 bits per heavy atom. The molecule has 2 fully saturated rings. The van der Waals surface area contributed by atoms with Crippen LogP contribution in [-0.4, -0.2) is 46.9 Å². The Bertz CT molecular complexity index is 380. The second-order valence-corrected chi connectivity index (χ2v) is 5.81. The maximum Gasteiger partial charge on any atom is 0.225 e. The van der Waals surface area contributed by atoms with Gasteiger partial charge in [-0.05, 0) is 12.8 Å². The number of hydrogen-bond donors (Lipinski definition) is 0. The Morgan fingerprint density at radius 3 is 2.71 bits per heavy atom. The molecule has 17 heavy (non-hydrogen) atoms. The molecule has 0 bridgehead atoms. The fourth-order valence-electron chi connectivity index (χ4n) is 2.26. The molecular weight excluding hydrogens is 234 g/mol. The topological polar surface area (TPSA) is 36.4 Å². The number of piperazine rings is 1. The minimum Gasteiger partial charge on any atom is -0.340 e. The second-order valence-electron chi connectivity index (χ2n) is 4.84. The first-order valence-electron chi connectivity index (χ1n) is 6.21. The second kappa shape index (κ2) is 4.74. The van der Waals surface area contributed by atoms with Crippen LogP contribution in [0.3, 0.4) is 0 Å². The molecule has 5 heteroatoms. The van der Waals surface area contributed by atoms with Crippen LogP contribution in [0.5, 0.6) is 0 Å². The molecule has 92 valence electrons. The first kappa shape index (κ1) is 11.2. The van der Waals surface area contributed by atoms with Gasteiger partial charge in [0.05, 0.1) is 5.51 Å². The van der Waals surface area contributed by atoms with Crippen molar-refractivity contribution in [2.45, 2.75) is 19.4 Å².